The summed E-state index contributed by atoms with van der Waals surface area (Å²) >= 11 is 1.44. The van der Waals surface area contributed by atoms with Crippen molar-refractivity contribution in [1.82, 2.24) is 0 Å². The van der Waals surface area contributed by atoms with Crippen LogP contribution in [-0.2, 0) is 0 Å². The Morgan fingerprint density at radius 2 is 1.92 bits per heavy atom. The quantitative estimate of drug-likeness (QED) is 0.589. The van der Waals surface area contributed by atoms with Crippen molar-refractivity contribution in [2.45, 2.75) is 17.9 Å². The minimum Gasteiger partial charge on any atom is -0.434 e. The van der Waals surface area contributed by atoms with E-state index in [4.69, 9.17) is 5.26 Å². The summed E-state index contributed by atoms with van der Waals surface area (Å²) < 4.78 is 29.3. The summed E-state index contributed by atoms with van der Waals surface area (Å²) in [5.41, 5.74) is 0.576. The monoisotopic (exact) mass is 348 g/mol. The molecule has 0 atom stereocenters. The highest BCUT2D eigenvalue weighted by atomic mass is 32.2. The molecule has 124 valence electrons. The molecular weight excluding hydrogens is 334 g/mol. The molecule has 0 aromatic heterocycles. The highest BCUT2D eigenvalue weighted by Crippen LogP contribution is 2.29. The van der Waals surface area contributed by atoms with Gasteiger partial charge < -0.3 is 10.1 Å². The Balaban J connectivity index is 2.17. The molecule has 0 aliphatic carbocycles. The van der Waals surface area contributed by atoms with Gasteiger partial charge in [-0.1, -0.05) is 24.3 Å². The van der Waals surface area contributed by atoms with Crippen LogP contribution in [0.25, 0.3) is 0 Å². The number of rotatable bonds is 7. The van der Waals surface area contributed by atoms with Gasteiger partial charge in [-0.25, -0.2) is 0 Å². The molecular formula is C17H14F2N2O2S. The average Bonchev–Trinajstić information content (AvgIpc) is 2.56. The van der Waals surface area contributed by atoms with Crippen LogP contribution in [0.15, 0.2) is 53.4 Å². The summed E-state index contributed by atoms with van der Waals surface area (Å²) in [4.78, 5) is 13.2. The number of carbonyl (C=O) groups excluding carboxylic acids is 1. The second-order valence-corrected chi connectivity index (χ2v) is 5.72. The van der Waals surface area contributed by atoms with Crippen LogP contribution in [0.4, 0.5) is 14.5 Å². The summed E-state index contributed by atoms with van der Waals surface area (Å²) in [6, 6.07) is 15.0. The van der Waals surface area contributed by atoms with Crippen molar-refractivity contribution in [2.75, 3.05) is 11.1 Å². The number of hydrogen-bond acceptors (Lipinski definition) is 4. The molecule has 0 spiro atoms. The third-order valence-electron chi connectivity index (χ3n) is 2.95. The van der Waals surface area contributed by atoms with Gasteiger partial charge in [-0.15, -0.1) is 11.8 Å². The maximum Gasteiger partial charge on any atom is 0.387 e. The van der Waals surface area contributed by atoms with Gasteiger partial charge in [0, 0.05) is 17.1 Å². The first-order chi connectivity index (χ1) is 11.6. The van der Waals surface area contributed by atoms with Crippen LogP contribution in [0, 0.1) is 11.3 Å². The molecule has 1 N–H and O–H groups in total. The van der Waals surface area contributed by atoms with E-state index in [9.17, 15) is 13.6 Å². The van der Waals surface area contributed by atoms with Gasteiger partial charge in [0.25, 0.3) is 5.91 Å². The van der Waals surface area contributed by atoms with Crippen LogP contribution in [0.5, 0.6) is 5.75 Å². The molecule has 0 fully saturated rings. The smallest absolute Gasteiger partial charge is 0.387 e. The van der Waals surface area contributed by atoms with Gasteiger partial charge in [0.2, 0.25) is 0 Å². The van der Waals surface area contributed by atoms with Gasteiger partial charge in [0.1, 0.15) is 5.75 Å². The van der Waals surface area contributed by atoms with E-state index >= 15 is 0 Å². The van der Waals surface area contributed by atoms with E-state index in [2.05, 4.69) is 16.1 Å². The van der Waals surface area contributed by atoms with E-state index in [1.54, 1.807) is 18.2 Å². The Labute approximate surface area is 142 Å². The molecule has 0 saturated carbocycles. The number of benzene rings is 2. The van der Waals surface area contributed by atoms with Crippen molar-refractivity contribution in [3.63, 3.8) is 0 Å². The van der Waals surface area contributed by atoms with E-state index < -0.39 is 12.5 Å². The van der Waals surface area contributed by atoms with Crippen LogP contribution in [-0.4, -0.2) is 18.3 Å². The third kappa shape index (κ3) is 4.96. The van der Waals surface area contributed by atoms with E-state index in [-0.39, 0.29) is 11.3 Å². The van der Waals surface area contributed by atoms with Crippen LogP contribution in [0.3, 0.4) is 0 Å². The number of nitrogens with one attached hydrogen (secondary N) is 1. The molecule has 1 amide bonds. The second-order valence-electron chi connectivity index (χ2n) is 4.58. The first-order valence-electron chi connectivity index (χ1n) is 7.06. The van der Waals surface area contributed by atoms with E-state index in [1.807, 2.05) is 12.1 Å². The van der Waals surface area contributed by atoms with Gasteiger partial charge >= 0.3 is 6.61 Å². The maximum atomic E-state index is 12.4. The number of nitrogens with zero attached hydrogens (tertiary/aromatic N) is 1. The van der Waals surface area contributed by atoms with Crippen molar-refractivity contribution in [1.29, 1.82) is 5.26 Å². The average molecular weight is 348 g/mol. The van der Waals surface area contributed by atoms with E-state index in [1.165, 1.54) is 30.0 Å². The Kier molecular flexibility index (Phi) is 6.58. The molecule has 0 heterocycles. The molecule has 0 aliphatic heterocycles. The molecule has 0 radical (unpaired) electrons. The van der Waals surface area contributed by atoms with Crippen LogP contribution in [0.1, 0.15) is 16.8 Å². The minimum atomic E-state index is -3.01. The fourth-order valence-corrected chi connectivity index (χ4v) is 2.81. The first-order valence-corrected chi connectivity index (χ1v) is 8.04. The number of alkyl halides is 2. The number of para-hydroxylation sites is 2. The molecule has 0 unspecified atom stereocenters. The van der Waals surface area contributed by atoms with Crippen molar-refractivity contribution in [3.8, 4) is 11.8 Å². The molecule has 0 saturated heterocycles. The Bertz CT molecular complexity index is 747. The van der Waals surface area contributed by atoms with Crippen LogP contribution >= 0.6 is 11.8 Å². The first kappa shape index (κ1) is 17.8. The normalized spacial score (nSPS) is 10.2. The number of halogens is 2. The molecule has 0 bridgehead atoms. The molecule has 4 nitrogen and oxygen atoms in total. The third-order valence-corrected chi connectivity index (χ3v) is 4.03. The lowest BCUT2D eigenvalue weighted by atomic mass is 10.2. The molecule has 2 aromatic carbocycles. The van der Waals surface area contributed by atoms with Crippen molar-refractivity contribution in [2.24, 2.45) is 0 Å². The van der Waals surface area contributed by atoms with Gasteiger partial charge in [0.15, 0.2) is 0 Å². The largest absolute Gasteiger partial charge is 0.434 e. The number of amides is 1. The van der Waals surface area contributed by atoms with Crippen molar-refractivity contribution in [3.05, 3.63) is 54.1 Å². The summed E-state index contributed by atoms with van der Waals surface area (Å²) in [6.45, 7) is -3.01. The number of nitriles is 1. The van der Waals surface area contributed by atoms with Gasteiger partial charge in [0.05, 0.1) is 17.3 Å². The zero-order valence-corrected chi connectivity index (χ0v) is 13.4. The van der Waals surface area contributed by atoms with Gasteiger partial charge in [-0.05, 0) is 24.3 Å². The van der Waals surface area contributed by atoms with Gasteiger partial charge in [-0.2, -0.15) is 14.0 Å². The summed E-state index contributed by atoms with van der Waals surface area (Å²) in [6.07, 6.45) is 0.387. The van der Waals surface area contributed by atoms with Crippen molar-refractivity contribution < 1.29 is 18.3 Å². The molecule has 2 rings (SSSR count). The number of hydrogen-bond donors (Lipinski definition) is 1. The Morgan fingerprint density at radius 1 is 1.21 bits per heavy atom. The summed E-state index contributed by atoms with van der Waals surface area (Å²) in [5, 5.41) is 11.3. The van der Waals surface area contributed by atoms with Gasteiger partial charge in [-0.3, -0.25) is 4.79 Å². The molecule has 2 aromatic rings. The Morgan fingerprint density at radius 3 is 2.67 bits per heavy atom. The lowest BCUT2D eigenvalue weighted by Crippen LogP contribution is -2.15. The lowest BCUT2D eigenvalue weighted by molar-refractivity contribution is -0.0501. The Hall–Kier alpha value is -2.59. The fraction of sp³-hybridized carbons (Fsp3) is 0.176. The summed E-state index contributed by atoms with van der Waals surface area (Å²) in [7, 11) is 0. The molecule has 0 aliphatic rings. The number of thioether (sulfide) groups is 1. The number of ether oxygens (including phenoxy) is 1. The van der Waals surface area contributed by atoms with E-state index in [0.29, 0.717) is 17.9 Å². The van der Waals surface area contributed by atoms with E-state index in [0.717, 1.165) is 4.90 Å². The summed E-state index contributed by atoms with van der Waals surface area (Å²) in [5.74, 6) is -0.131. The SMILES string of the molecule is N#CCCSc1ccccc1NC(=O)c1ccccc1OC(F)F. The topological polar surface area (TPSA) is 62.1 Å². The highest BCUT2D eigenvalue weighted by molar-refractivity contribution is 7.99. The minimum absolute atomic E-state index is 0.0228. The lowest BCUT2D eigenvalue weighted by Gasteiger charge is -2.13. The zero-order chi connectivity index (χ0) is 17.4. The maximum absolute atomic E-state index is 12.4. The van der Waals surface area contributed by atoms with Crippen LogP contribution < -0.4 is 10.1 Å². The molecule has 24 heavy (non-hydrogen) atoms. The molecule has 7 heteroatoms. The predicted molar refractivity (Wildman–Crippen MR) is 88.4 cm³/mol. The highest BCUT2D eigenvalue weighted by Gasteiger charge is 2.16. The number of carbonyl (C=O) groups is 1. The zero-order valence-electron chi connectivity index (χ0n) is 12.5. The second kappa shape index (κ2) is 8.89. The fourth-order valence-electron chi connectivity index (χ4n) is 1.95. The predicted octanol–water partition coefficient (Wildman–Crippen LogP) is 4.55. The van der Waals surface area contributed by atoms with Crippen molar-refractivity contribution >= 4 is 23.4 Å². The standard InChI is InChI=1S/C17H14F2N2O2S/c18-17(19)23-14-8-3-1-6-12(14)16(22)21-13-7-2-4-9-15(13)24-11-5-10-20/h1-4,6-9,17H,5,11H2,(H,21,22). The number of anilines is 1. The van der Waals surface area contributed by atoms with Crippen LogP contribution in [0.2, 0.25) is 0 Å².